The molecule has 2 aromatic rings. The number of hydrogen-bond donors (Lipinski definition) is 1. The van der Waals surface area contributed by atoms with Crippen LogP contribution in [0.2, 0.25) is 0 Å². The number of nitrogens with zero attached hydrogens (tertiary/aromatic N) is 3. The minimum absolute atomic E-state index is 0.0206. The summed E-state index contributed by atoms with van der Waals surface area (Å²) >= 11 is 0. The predicted octanol–water partition coefficient (Wildman–Crippen LogP) is 3.31. The van der Waals surface area contributed by atoms with Crippen LogP contribution in [0.1, 0.15) is 48.4 Å². The average Bonchev–Trinajstić information content (AvgIpc) is 3.23. The van der Waals surface area contributed by atoms with Crippen molar-refractivity contribution in [3.63, 3.8) is 0 Å². The Balaban J connectivity index is 1.48. The van der Waals surface area contributed by atoms with Crippen LogP contribution in [-0.2, 0) is 24.3 Å². The Morgan fingerprint density at radius 1 is 0.950 bits per heavy atom. The lowest BCUT2D eigenvalue weighted by Gasteiger charge is -2.29. The molecule has 1 atom stereocenters. The van der Waals surface area contributed by atoms with Gasteiger partial charge in [-0.3, -0.25) is 14.5 Å². The molecule has 1 N–H and O–H groups in total. The zero-order valence-electron chi connectivity index (χ0n) is 22.9. The molecule has 3 fully saturated rings. The second-order valence-electron chi connectivity index (χ2n) is 10.7. The zero-order valence-corrected chi connectivity index (χ0v) is 23.7. The fourth-order valence-electron chi connectivity index (χ4n) is 5.71. The number of hydrogen-bond acceptors (Lipinski definition) is 7. The van der Waals surface area contributed by atoms with E-state index in [0.29, 0.717) is 39.3 Å². The monoisotopic (exact) mass is 567 g/mol. The van der Waals surface area contributed by atoms with Crippen LogP contribution < -0.4 is 0 Å². The number of sulfonamides is 1. The van der Waals surface area contributed by atoms with Gasteiger partial charge < -0.3 is 14.7 Å². The summed E-state index contributed by atoms with van der Waals surface area (Å²) in [5.41, 5.74) is 1.92. The summed E-state index contributed by atoms with van der Waals surface area (Å²) < 4.78 is 33.5. The molecule has 0 bridgehead atoms. The van der Waals surface area contributed by atoms with Crippen LogP contribution in [0.25, 0.3) is 5.76 Å². The highest BCUT2D eigenvalue weighted by molar-refractivity contribution is 7.89. The molecule has 3 aliphatic heterocycles. The van der Waals surface area contributed by atoms with Crippen molar-refractivity contribution < 1.29 is 27.9 Å². The first-order valence-corrected chi connectivity index (χ1v) is 15.5. The number of aliphatic hydroxyl groups excluding tert-OH is 1. The zero-order chi connectivity index (χ0) is 28.3. The summed E-state index contributed by atoms with van der Waals surface area (Å²) in [6.45, 7) is 7.01. The van der Waals surface area contributed by atoms with Crippen molar-refractivity contribution in [2.24, 2.45) is 0 Å². The lowest BCUT2D eigenvalue weighted by Crippen LogP contribution is -2.38. The predicted molar refractivity (Wildman–Crippen MR) is 151 cm³/mol. The number of likely N-dealkylation sites (tertiary alicyclic amines) is 1. The Kier molecular flexibility index (Phi) is 8.70. The van der Waals surface area contributed by atoms with E-state index >= 15 is 0 Å². The van der Waals surface area contributed by atoms with Crippen LogP contribution in [0, 0.1) is 6.92 Å². The summed E-state index contributed by atoms with van der Waals surface area (Å²) in [6.07, 6.45) is 3.28. The van der Waals surface area contributed by atoms with Gasteiger partial charge in [-0.2, -0.15) is 4.31 Å². The van der Waals surface area contributed by atoms with Crippen molar-refractivity contribution in [1.82, 2.24) is 14.1 Å². The van der Waals surface area contributed by atoms with E-state index in [1.54, 1.807) is 12.1 Å². The number of aryl methyl sites for hydroxylation is 1. The number of carbonyl (C=O) groups excluding carboxylic acids is 2. The van der Waals surface area contributed by atoms with Crippen molar-refractivity contribution in [1.29, 1.82) is 0 Å². The molecule has 0 aliphatic carbocycles. The maximum atomic E-state index is 13.4. The topological polar surface area (TPSA) is 107 Å². The SMILES string of the molecule is Cc1ccc([C@H]2C(=C(O)c3cccc(S(=O)(=O)N4CCCCC4)c3)C(=O)C(=O)N2CCCN2CCOCC2)cc1. The van der Waals surface area contributed by atoms with E-state index < -0.39 is 27.8 Å². The van der Waals surface area contributed by atoms with Crippen LogP contribution in [0.15, 0.2) is 59.0 Å². The molecule has 1 amide bonds. The fourth-order valence-corrected chi connectivity index (χ4v) is 7.27. The first-order valence-electron chi connectivity index (χ1n) is 14.0. The van der Waals surface area contributed by atoms with Crippen molar-refractivity contribution in [3.05, 3.63) is 70.8 Å². The average molecular weight is 568 g/mol. The number of ketones is 1. The molecule has 3 saturated heterocycles. The summed E-state index contributed by atoms with van der Waals surface area (Å²) in [6, 6.07) is 12.8. The highest BCUT2D eigenvalue weighted by Gasteiger charge is 2.46. The second kappa shape index (κ2) is 12.2. The molecule has 3 aliphatic rings. The molecule has 9 nitrogen and oxygen atoms in total. The van der Waals surface area contributed by atoms with Crippen molar-refractivity contribution in [3.8, 4) is 0 Å². The third kappa shape index (κ3) is 5.85. The Labute approximate surface area is 236 Å². The molecular formula is C30H37N3O6S. The molecule has 0 unspecified atom stereocenters. The molecule has 3 heterocycles. The van der Waals surface area contributed by atoms with E-state index in [1.165, 1.54) is 21.3 Å². The van der Waals surface area contributed by atoms with Gasteiger partial charge in [0.1, 0.15) is 5.76 Å². The Morgan fingerprint density at radius 3 is 2.35 bits per heavy atom. The van der Waals surface area contributed by atoms with E-state index in [9.17, 15) is 23.1 Å². The van der Waals surface area contributed by atoms with E-state index in [4.69, 9.17) is 4.74 Å². The van der Waals surface area contributed by atoms with Gasteiger partial charge in [0.05, 0.1) is 29.7 Å². The molecule has 10 heteroatoms. The smallest absolute Gasteiger partial charge is 0.295 e. The molecule has 214 valence electrons. The first kappa shape index (κ1) is 28.5. The van der Waals surface area contributed by atoms with Crippen molar-refractivity contribution >= 4 is 27.5 Å². The van der Waals surface area contributed by atoms with Gasteiger partial charge in [-0.15, -0.1) is 0 Å². The third-order valence-corrected chi connectivity index (χ3v) is 9.87. The number of ether oxygens (including phenoxy) is 1. The Bertz CT molecular complexity index is 1380. The van der Waals surface area contributed by atoms with Gasteiger partial charge in [0.15, 0.2) is 0 Å². The first-order chi connectivity index (χ1) is 19.3. The molecule has 40 heavy (non-hydrogen) atoms. The number of Topliss-reactive ketones (excluding diaryl/α,β-unsaturated/α-hetero) is 1. The molecule has 0 aromatic heterocycles. The van der Waals surface area contributed by atoms with Crippen LogP contribution in [-0.4, -0.2) is 91.8 Å². The number of rotatable bonds is 8. The normalized spacial score (nSPS) is 22.6. The number of carbonyl (C=O) groups is 2. The quantitative estimate of drug-likeness (QED) is 0.296. The molecule has 2 aromatic carbocycles. The van der Waals surface area contributed by atoms with Crippen molar-refractivity contribution in [2.75, 3.05) is 52.5 Å². The van der Waals surface area contributed by atoms with E-state index in [1.807, 2.05) is 31.2 Å². The van der Waals surface area contributed by atoms with Gasteiger partial charge in [0.25, 0.3) is 11.7 Å². The highest BCUT2D eigenvalue weighted by Crippen LogP contribution is 2.40. The maximum absolute atomic E-state index is 13.4. The van der Waals surface area contributed by atoms with Gasteiger partial charge in [0.2, 0.25) is 10.0 Å². The van der Waals surface area contributed by atoms with Gasteiger partial charge in [-0.05, 0) is 43.9 Å². The molecular weight excluding hydrogens is 530 g/mol. The maximum Gasteiger partial charge on any atom is 0.295 e. The lowest BCUT2D eigenvalue weighted by atomic mass is 9.94. The largest absolute Gasteiger partial charge is 0.507 e. The molecule has 0 spiro atoms. The number of piperidine rings is 1. The molecule has 0 radical (unpaired) electrons. The van der Waals surface area contributed by atoms with Gasteiger partial charge in [-0.25, -0.2) is 8.42 Å². The summed E-state index contributed by atoms with van der Waals surface area (Å²) in [5, 5.41) is 11.5. The van der Waals surface area contributed by atoms with Gasteiger partial charge in [-0.1, -0.05) is 48.4 Å². The Morgan fingerprint density at radius 2 is 1.65 bits per heavy atom. The van der Waals surface area contributed by atoms with Crippen LogP contribution in [0.4, 0.5) is 0 Å². The number of amides is 1. The summed E-state index contributed by atoms with van der Waals surface area (Å²) in [4.78, 5) is 30.6. The third-order valence-electron chi connectivity index (χ3n) is 7.97. The minimum Gasteiger partial charge on any atom is -0.507 e. The van der Waals surface area contributed by atoms with E-state index in [-0.39, 0.29) is 21.8 Å². The van der Waals surface area contributed by atoms with Gasteiger partial charge >= 0.3 is 0 Å². The second-order valence-corrected chi connectivity index (χ2v) is 12.6. The van der Waals surface area contributed by atoms with E-state index in [2.05, 4.69) is 4.90 Å². The van der Waals surface area contributed by atoms with Crippen molar-refractivity contribution in [2.45, 2.75) is 43.5 Å². The summed E-state index contributed by atoms with van der Waals surface area (Å²) in [7, 11) is -3.75. The highest BCUT2D eigenvalue weighted by atomic mass is 32.2. The standard InChI is InChI=1S/C30H37N3O6S/c1-22-9-11-23(12-10-22)27-26(29(35)30(36)33(27)16-6-13-31-17-19-39-20-18-31)28(34)24-7-5-8-25(21-24)40(37,38)32-14-3-2-4-15-32/h5,7-12,21,27,34H,2-4,6,13-20H2,1H3/t27-/m0/s1. The molecule has 0 saturated carbocycles. The van der Waals surface area contributed by atoms with Crippen LogP contribution >= 0.6 is 0 Å². The van der Waals surface area contributed by atoms with Gasteiger partial charge in [0, 0.05) is 44.8 Å². The summed E-state index contributed by atoms with van der Waals surface area (Å²) in [5.74, 6) is -1.79. The van der Waals surface area contributed by atoms with Crippen LogP contribution in [0.5, 0.6) is 0 Å². The lowest BCUT2D eigenvalue weighted by molar-refractivity contribution is -0.140. The minimum atomic E-state index is -3.75. The number of benzene rings is 2. The van der Waals surface area contributed by atoms with E-state index in [0.717, 1.165) is 50.0 Å². The molecule has 5 rings (SSSR count). The van der Waals surface area contributed by atoms with Crippen LogP contribution in [0.3, 0.4) is 0 Å². The number of morpholine rings is 1. The Hall–Kier alpha value is -3.05. The number of aliphatic hydroxyl groups is 1. The fraction of sp³-hybridized carbons (Fsp3) is 0.467.